The fourth-order valence-electron chi connectivity index (χ4n) is 1.91. The van der Waals surface area contributed by atoms with E-state index in [1.54, 1.807) is 6.20 Å². The van der Waals surface area contributed by atoms with Gasteiger partial charge in [-0.3, -0.25) is 4.98 Å². The van der Waals surface area contributed by atoms with Crippen LogP contribution in [0.5, 0.6) is 0 Å². The summed E-state index contributed by atoms with van der Waals surface area (Å²) in [6.45, 7) is 0.587. The molecule has 0 aliphatic rings. The van der Waals surface area contributed by atoms with Gasteiger partial charge in [0.2, 0.25) is 0 Å². The van der Waals surface area contributed by atoms with E-state index in [9.17, 15) is 18.0 Å². The fraction of sp³-hybridized carbons (Fsp3) is 0.250. The molecule has 23 heavy (non-hydrogen) atoms. The van der Waals surface area contributed by atoms with E-state index in [2.05, 4.69) is 15.6 Å². The van der Waals surface area contributed by atoms with Crippen molar-refractivity contribution in [1.82, 2.24) is 15.6 Å². The van der Waals surface area contributed by atoms with Crippen LogP contribution >= 0.6 is 0 Å². The molecule has 0 atom stereocenters. The molecule has 0 bridgehead atoms. The topological polar surface area (TPSA) is 54.0 Å². The highest BCUT2D eigenvalue weighted by Gasteiger charge is 2.29. The molecule has 0 radical (unpaired) electrons. The standard InChI is InChI=1S/C16H16F3N3O/c17-16(18,19)13-6-4-12(5-7-13)11-22-15(23)21-10-8-14-3-1-2-9-20-14/h1-7,9H,8,10-11H2,(H2,21,22,23). The van der Waals surface area contributed by atoms with Crippen molar-refractivity contribution in [3.8, 4) is 0 Å². The number of pyridine rings is 1. The minimum Gasteiger partial charge on any atom is -0.338 e. The van der Waals surface area contributed by atoms with Gasteiger partial charge < -0.3 is 10.6 Å². The van der Waals surface area contributed by atoms with Crippen molar-refractivity contribution in [2.75, 3.05) is 6.54 Å². The molecule has 2 amide bonds. The number of carbonyl (C=O) groups excluding carboxylic acids is 1. The number of halogens is 3. The summed E-state index contributed by atoms with van der Waals surface area (Å²) in [6.07, 6.45) is -2.07. The summed E-state index contributed by atoms with van der Waals surface area (Å²) in [5, 5.41) is 5.26. The molecule has 1 aromatic heterocycles. The predicted molar refractivity (Wildman–Crippen MR) is 79.6 cm³/mol. The van der Waals surface area contributed by atoms with Crippen LogP contribution in [0.1, 0.15) is 16.8 Å². The van der Waals surface area contributed by atoms with Crippen LogP contribution in [-0.4, -0.2) is 17.6 Å². The molecular weight excluding hydrogens is 307 g/mol. The van der Waals surface area contributed by atoms with E-state index in [4.69, 9.17) is 0 Å². The Kier molecular flexibility index (Phi) is 5.56. The van der Waals surface area contributed by atoms with Gasteiger partial charge in [-0.2, -0.15) is 13.2 Å². The van der Waals surface area contributed by atoms with E-state index in [1.807, 2.05) is 18.2 Å². The minimum atomic E-state index is -4.35. The van der Waals surface area contributed by atoms with E-state index in [0.717, 1.165) is 17.8 Å². The first kappa shape index (κ1) is 16.8. The molecule has 2 aromatic rings. The monoisotopic (exact) mass is 323 g/mol. The van der Waals surface area contributed by atoms with Crippen molar-refractivity contribution in [3.05, 3.63) is 65.5 Å². The Morgan fingerprint density at radius 1 is 1.04 bits per heavy atom. The summed E-state index contributed by atoms with van der Waals surface area (Å²) in [7, 11) is 0. The Bertz CT molecular complexity index is 627. The van der Waals surface area contributed by atoms with E-state index in [0.29, 0.717) is 18.5 Å². The Morgan fingerprint density at radius 3 is 2.39 bits per heavy atom. The van der Waals surface area contributed by atoms with Gasteiger partial charge in [-0.05, 0) is 29.8 Å². The minimum absolute atomic E-state index is 0.160. The first-order valence-corrected chi connectivity index (χ1v) is 7.03. The number of carbonyl (C=O) groups is 1. The van der Waals surface area contributed by atoms with Crippen molar-refractivity contribution >= 4 is 6.03 Å². The maximum Gasteiger partial charge on any atom is 0.416 e. The molecule has 1 aromatic carbocycles. The highest BCUT2D eigenvalue weighted by Crippen LogP contribution is 2.28. The Hall–Kier alpha value is -2.57. The predicted octanol–water partition coefficient (Wildman–Crippen LogP) is 3.14. The maximum atomic E-state index is 12.4. The third-order valence-corrected chi connectivity index (χ3v) is 3.13. The highest BCUT2D eigenvalue weighted by atomic mass is 19.4. The molecule has 0 saturated carbocycles. The molecule has 0 spiro atoms. The highest BCUT2D eigenvalue weighted by molar-refractivity contribution is 5.73. The van der Waals surface area contributed by atoms with Gasteiger partial charge in [0.15, 0.2) is 0 Å². The zero-order valence-corrected chi connectivity index (χ0v) is 12.2. The number of nitrogens with zero attached hydrogens (tertiary/aromatic N) is 1. The SMILES string of the molecule is O=C(NCCc1ccccn1)NCc1ccc(C(F)(F)F)cc1. The van der Waals surface area contributed by atoms with Crippen molar-refractivity contribution in [3.63, 3.8) is 0 Å². The Balaban J connectivity index is 1.72. The molecule has 2 N–H and O–H groups in total. The number of nitrogens with one attached hydrogen (secondary N) is 2. The number of hydrogen-bond donors (Lipinski definition) is 2. The largest absolute Gasteiger partial charge is 0.416 e. The molecule has 2 rings (SSSR count). The summed E-state index contributed by atoms with van der Waals surface area (Å²) in [5.41, 5.74) is 0.759. The van der Waals surface area contributed by atoms with Gasteiger partial charge >= 0.3 is 12.2 Å². The second kappa shape index (κ2) is 7.62. The summed E-state index contributed by atoms with van der Waals surface area (Å²) in [4.78, 5) is 15.7. The van der Waals surface area contributed by atoms with E-state index in [-0.39, 0.29) is 12.6 Å². The average Bonchev–Trinajstić information content (AvgIpc) is 2.53. The van der Waals surface area contributed by atoms with Crippen LogP contribution in [0.15, 0.2) is 48.7 Å². The molecule has 4 nitrogen and oxygen atoms in total. The maximum absolute atomic E-state index is 12.4. The third-order valence-electron chi connectivity index (χ3n) is 3.13. The van der Waals surface area contributed by atoms with Crippen molar-refractivity contribution in [2.45, 2.75) is 19.1 Å². The Labute approximate surface area is 131 Å². The summed E-state index contributed by atoms with van der Waals surface area (Å²) < 4.78 is 37.3. The molecule has 0 aliphatic heterocycles. The zero-order chi connectivity index (χ0) is 16.7. The first-order valence-electron chi connectivity index (χ1n) is 7.03. The van der Waals surface area contributed by atoms with Gasteiger partial charge in [0, 0.05) is 31.4 Å². The number of rotatable bonds is 5. The van der Waals surface area contributed by atoms with Gasteiger partial charge in [0.1, 0.15) is 0 Å². The lowest BCUT2D eigenvalue weighted by atomic mass is 10.1. The summed E-state index contributed by atoms with van der Waals surface area (Å²) in [6, 6.07) is 9.85. The lowest BCUT2D eigenvalue weighted by Crippen LogP contribution is -2.36. The van der Waals surface area contributed by atoms with Crippen molar-refractivity contribution in [2.24, 2.45) is 0 Å². The number of benzene rings is 1. The zero-order valence-electron chi connectivity index (χ0n) is 12.2. The van der Waals surface area contributed by atoms with E-state index < -0.39 is 11.7 Å². The fourth-order valence-corrected chi connectivity index (χ4v) is 1.91. The summed E-state index contributed by atoms with van der Waals surface area (Å²) in [5.74, 6) is 0. The van der Waals surface area contributed by atoms with Crippen LogP contribution in [-0.2, 0) is 19.1 Å². The number of aromatic nitrogens is 1. The molecule has 0 unspecified atom stereocenters. The molecule has 0 aliphatic carbocycles. The van der Waals surface area contributed by atoms with Crippen LogP contribution in [0.3, 0.4) is 0 Å². The van der Waals surface area contributed by atoms with E-state index in [1.165, 1.54) is 12.1 Å². The normalized spacial score (nSPS) is 11.1. The van der Waals surface area contributed by atoms with E-state index >= 15 is 0 Å². The third kappa shape index (κ3) is 5.61. The van der Waals surface area contributed by atoms with Gasteiger partial charge in [0.05, 0.1) is 5.56 Å². The summed E-state index contributed by atoms with van der Waals surface area (Å²) >= 11 is 0. The van der Waals surface area contributed by atoms with Crippen LogP contribution in [0.25, 0.3) is 0 Å². The molecule has 1 heterocycles. The number of urea groups is 1. The van der Waals surface area contributed by atoms with Gasteiger partial charge in [-0.25, -0.2) is 4.79 Å². The molecular formula is C16H16F3N3O. The quantitative estimate of drug-likeness (QED) is 0.888. The van der Waals surface area contributed by atoms with Crippen molar-refractivity contribution < 1.29 is 18.0 Å². The number of alkyl halides is 3. The lowest BCUT2D eigenvalue weighted by molar-refractivity contribution is -0.137. The van der Waals surface area contributed by atoms with Gasteiger partial charge in [0.25, 0.3) is 0 Å². The van der Waals surface area contributed by atoms with Crippen LogP contribution < -0.4 is 10.6 Å². The number of hydrogen-bond acceptors (Lipinski definition) is 2. The van der Waals surface area contributed by atoms with Crippen LogP contribution in [0.2, 0.25) is 0 Å². The molecule has 122 valence electrons. The molecule has 7 heteroatoms. The lowest BCUT2D eigenvalue weighted by Gasteiger charge is -2.09. The second-order valence-corrected chi connectivity index (χ2v) is 4.88. The van der Waals surface area contributed by atoms with Crippen LogP contribution in [0, 0.1) is 0 Å². The Morgan fingerprint density at radius 2 is 1.78 bits per heavy atom. The van der Waals surface area contributed by atoms with Gasteiger partial charge in [-0.15, -0.1) is 0 Å². The second-order valence-electron chi connectivity index (χ2n) is 4.88. The smallest absolute Gasteiger partial charge is 0.338 e. The van der Waals surface area contributed by atoms with Crippen LogP contribution in [0.4, 0.5) is 18.0 Å². The molecule has 0 fully saturated rings. The van der Waals surface area contributed by atoms with Crippen molar-refractivity contribution in [1.29, 1.82) is 0 Å². The molecule has 0 saturated heterocycles. The number of amides is 2. The van der Waals surface area contributed by atoms with Gasteiger partial charge in [-0.1, -0.05) is 18.2 Å². The average molecular weight is 323 g/mol. The first-order chi connectivity index (χ1) is 10.9.